The number of aromatic nitrogens is 1. The average molecular weight is 476 g/mol. The number of nitrogens with zero attached hydrogens (tertiary/aromatic N) is 1. The molecule has 0 bridgehead atoms. The number of carbonyl (C=O) groups excluding carboxylic acids is 2. The highest BCUT2D eigenvalue weighted by Crippen LogP contribution is 2.26. The second-order valence-electron chi connectivity index (χ2n) is 6.43. The van der Waals surface area contributed by atoms with E-state index in [1.807, 2.05) is 29.6 Å². The number of rotatable bonds is 7. The van der Waals surface area contributed by atoms with E-state index in [0.717, 1.165) is 24.1 Å². The summed E-state index contributed by atoms with van der Waals surface area (Å²) in [7, 11) is 0. The van der Waals surface area contributed by atoms with Crippen LogP contribution in [0.25, 0.3) is 11.3 Å². The lowest BCUT2D eigenvalue weighted by Gasteiger charge is -2.04. The molecular formula is C21H19BrFN3O2S. The summed E-state index contributed by atoms with van der Waals surface area (Å²) >= 11 is 4.49. The molecule has 0 fully saturated rings. The molecule has 2 N–H and O–H groups in total. The maximum atomic E-state index is 13.5. The molecule has 29 heavy (non-hydrogen) atoms. The SMILES string of the molecule is CC(=O)NCCCc1ccc(-c2csc(NC(=O)c3cc(F)cc(Br)c3)n2)cc1. The van der Waals surface area contributed by atoms with Crippen LogP contribution in [0.4, 0.5) is 9.52 Å². The number of halogens is 2. The Morgan fingerprint density at radius 2 is 1.93 bits per heavy atom. The van der Waals surface area contributed by atoms with Gasteiger partial charge < -0.3 is 5.32 Å². The number of hydrogen-bond acceptors (Lipinski definition) is 4. The molecule has 0 unspecified atom stereocenters. The smallest absolute Gasteiger partial charge is 0.257 e. The lowest BCUT2D eigenvalue weighted by atomic mass is 10.1. The first kappa shape index (κ1) is 21.1. The number of thiazole rings is 1. The molecule has 1 heterocycles. The van der Waals surface area contributed by atoms with Crippen LogP contribution in [0.5, 0.6) is 0 Å². The molecule has 0 radical (unpaired) electrons. The largest absolute Gasteiger partial charge is 0.356 e. The summed E-state index contributed by atoms with van der Waals surface area (Å²) in [5.41, 5.74) is 3.10. The summed E-state index contributed by atoms with van der Waals surface area (Å²) in [6, 6.07) is 12.1. The van der Waals surface area contributed by atoms with E-state index in [4.69, 9.17) is 0 Å². The van der Waals surface area contributed by atoms with Gasteiger partial charge in [-0.2, -0.15) is 0 Å². The van der Waals surface area contributed by atoms with Gasteiger partial charge in [0.2, 0.25) is 5.91 Å². The van der Waals surface area contributed by atoms with E-state index in [1.54, 1.807) is 6.07 Å². The molecule has 0 saturated carbocycles. The minimum absolute atomic E-state index is 0.0168. The zero-order chi connectivity index (χ0) is 20.8. The standard InChI is InChI=1S/C21H19BrFN3O2S/c1-13(27)24-8-2-3-14-4-6-15(7-5-14)19-12-29-21(25-19)26-20(28)16-9-17(22)11-18(23)10-16/h4-7,9-12H,2-3,8H2,1H3,(H,24,27)(H,25,26,28). The van der Waals surface area contributed by atoms with Crippen LogP contribution in [0.15, 0.2) is 52.3 Å². The van der Waals surface area contributed by atoms with Gasteiger partial charge in [-0.05, 0) is 36.6 Å². The van der Waals surface area contributed by atoms with E-state index in [0.29, 0.717) is 16.1 Å². The molecular weight excluding hydrogens is 457 g/mol. The van der Waals surface area contributed by atoms with Crippen molar-refractivity contribution in [1.29, 1.82) is 0 Å². The van der Waals surface area contributed by atoms with E-state index in [-0.39, 0.29) is 11.5 Å². The number of benzene rings is 2. The Morgan fingerprint density at radius 1 is 1.17 bits per heavy atom. The Balaban J connectivity index is 1.60. The van der Waals surface area contributed by atoms with Crippen LogP contribution in [0.3, 0.4) is 0 Å². The molecule has 0 aliphatic carbocycles. The van der Waals surface area contributed by atoms with Gasteiger partial charge >= 0.3 is 0 Å². The molecule has 0 aliphatic heterocycles. The normalized spacial score (nSPS) is 10.6. The molecule has 5 nitrogen and oxygen atoms in total. The fourth-order valence-corrected chi connectivity index (χ4v) is 3.90. The Hall–Kier alpha value is -2.58. The van der Waals surface area contributed by atoms with Crippen molar-refractivity contribution in [3.63, 3.8) is 0 Å². The van der Waals surface area contributed by atoms with E-state index in [1.165, 1.54) is 36.0 Å². The van der Waals surface area contributed by atoms with Crippen LogP contribution >= 0.6 is 27.3 Å². The molecule has 3 aromatic rings. The second kappa shape index (κ2) is 9.76. The number of aryl methyl sites for hydroxylation is 1. The van der Waals surface area contributed by atoms with Gasteiger partial charge in [-0.3, -0.25) is 14.9 Å². The number of carbonyl (C=O) groups is 2. The third-order valence-corrected chi connectivity index (χ3v) is 5.33. The Morgan fingerprint density at radius 3 is 2.62 bits per heavy atom. The van der Waals surface area contributed by atoms with Crippen LogP contribution in [-0.2, 0) is 11.2 Å². The van der Waals surface area contributed by atoms with E-state index < -0.39 is 11.7 Å². The fourth-order valence-electron chi connectivity index (χ4n) is 2.72. The molecule has 0 atom stereocenters. The zero-order valence-corrected chi connectivity index (χ0v) is 18.1. The molecule has 1 aromatic heterocycles. The van der Waals surface area contributed by atoms with E-state index in [9.17, 15) is 14.0 Å². The van der Waals surface area contributed by atoms with Crippen LogP contribution in [0.1, 0.15) is 29.3 Å². The molecule has 0 spiro atoms. The number of hydrogen-bond donors (Lipinski definition) is 2. The van der Waals surface area contributed by atoms with Crippen molar-refractivity contribution >= 4 is 44.2 Å². The predicted molar refractivity (Wildman–Crippen MR) is 117 cm³/mol. The summed E-state index contributed by atoms with van der Waals surface area (Å²) in [4.78, 5) is 27.6. The van der Waals surface area contributed by atoms with Crippen molar-refractivity contribution in [3.05, 3.63) is 69.3 Å². The lowest BCUT2D eigenvalue weighted by molar-refractivity contribution is -0.118. The van der Waals surface area contributed by atoms with Gasteiger partial charge in [0, 0.05) is 34.4 Å². The Bertz CT molecular complexity index is 1000. The summed E-state index contributed by atoms with van der Waals surface area (Å²) < 4.78 is 14.0. The van der Waals surface area contributed by atoms with E-state index >= 15 is 0 Å². The van der Waals surface area contributed by atoms with Crippen molar-refractivity contribution in [2.75, 3.05) is 11.9 Å². The highest BCUT2D eigenvalue weighted by atomic mass is 79.9. The van der Waals surface area contributed by atoms with Crippen molar-refractivity contribution in [2.24, 2.45) is 0 Å². The molecule has 3 rings (SSSR count). The van der Waals surface area contributed by atoms with Crippen molar-refractivity contribution in [2.45, 2.75) is 19.8 Å². The summed E-state index contributed by atoms with van der Waals surface area (Å²) in [5, 5.41) is 7.80. The van der Waals surface area contributed by atoms with Gasteiger partial charge in [-0.25, -0.2) is 9.37 Å². The second-order valence-corrected chi connectivity index (χ2v) is 8.21. The molecule has 0 aliphatic rings. The number of amides is 2. The first-order valence-electron chi connectivity index (χ1n) is 8.97. The third kappa shape index (κ3) is 6.20. The highest BCUT2D eigenvalue weighted by molar-refractivity contribution is 9.10. The minimum atomic E-state index is -0.485. The van der Waals surface area contributed by atoms with Gasteiger partial charge in [0.1, 0.15) is 5.82 Å². The monoisotopic (exact) mass is 475 g/mol. The Kier molecular flexibility index (Phi) is 7.11. The van der Waals surface area contributed by atoms with Crippen LogP contribution in [0, 0.1) is 5.82 Å². The first-order chi connectivity index (χ1) is 13.9. The van der Waals surface area contributed by atoms with Gasteiger partial charge in [0.05, 0.1) is 5.69 Å². The van der Waals surface area contributed by atoms with Crippen LogP contribution in [-0.4, -0.2) is 23.3 Å². The molecule has 2 aromatic carbocycles. The molecule has 0 saturated heterocycles. The van der Waals surface area contributed by atoms with Crippen molar-refractivity contribution in [3.8, 4) is 11.3 Å². The minimum Gasteiger partial charge on any atom is -0.356 e. The average Bonchev–Trinajstić information content (AvgIpc) is 3.13. The summed E-state index contributed by atoms with van der Waals surface area (Å²) in [6.07, 6.45) is 1.75. The van der Waals surface area contributed by atoms with Crippen molar-refractivity contribution in [1.82, 2.24) is 10.3 Å². The molecule has 150 valence electrons. The highest BCUT2D eigenvalue weighted by Gasteiger charge is 2.12. The molecule has 2 amide bonds. The summed E-state index contributed by atoms with van der Waals surface area (Å²) in [5.74, 6) is -0.918. The summed E-state index contributed by atoms with van der Waals surface area (Å²) in [6.45, 7) is 2.17. The van der Waals surface area contributed by atoms with Crippen LogP contribution in [0.2, 0.25) is 0 Å². The number of nitrogens with one attached hydrogen (secondary N) is 2. The number of anilines is 1. The Labute approximate surface area is 180 Å². The van der Waals surface area contributed by atoms with Gasteiger partial charge in [0.15, 0.2) is 5.13 Å². The van der Waals surface area contributed by atoms with Gasteiger partial charge in [-0.1, -0.05) is 40.2 Å². The lowest BCUT2D eigenvalue weighted by Crippen LogP contribution is -2.21. The fraction of sp³-hybridized carbons (Fsp3) is 0.190. The molecule has 8 heteroatoms. The quantitative estimate of drug-likeness (QED) is 0.470. The third-order valence-electron chi connectivity index (χ3n) is 4.12. The van der Waals surface area contributed by atoms with Crippen LogP contribution < -0.4 is 10.6 Å². The predicted octanol–water partition coefficient (Wildman–Crippen LogP) is 5.03. The van der Waals surface area contributed by atoms with Gasteiger partial charge in [0.25, 0.3) is 5.91 Å². The zero-order valence-electron chi connectivity index (χ0n) is 15.7. The van der Waals surface area contributed by atoms with E-state index in [2.05, 4.69) is 31.5 Å². The first-order valence-corrected chi connectivity index (χ1v) is 10.6. The van der Waals surface area contributed by atoms with Crippen molar-refractivity contribution < 1.29 is 14.0 Å². The van der Waals surface area contributed by atoms with Gasteiger partial charge in [-0.15, -0.1) is 11.3 Å². The maximum absolute atomic E-state index is 13.5. The maximum Gasteiger partial charge on any atom is 0.257 e. The topological polar surface area (TPSA) is 71.1 Å².